The van der Waals surface area contributed by atoms with Crippen LogP contribution in [0.5, 0.6) is 0 Å². The highest BCUT2D eigenvalue weighted by atomic mass is 16.5. The summed E-state index contributed by atoms with van der Waals surface area (Å²) < 4.78 is 5.34. The van der Waals surface area contributed by atoms with Crippen LogP contribution in [0.3, 0.4) is 0 Å². The van der Waals surface area contributed by atoms with Crippen LogP contribution in [0, 0.1) is 5.41 Å². The summed E-state index contributed by atoms with van der Waals surface area (Å²) in [5.74, 6) is 0.205. The van der Waals surface area contributed by atoms with Crippen molar-refractivity contribution in [2.45, 2.75) is 32.2 Å². The van der Waals surface area contributed by atoms with Crippen molar-refractivity contribution in [2.75, 3.05) is 39.5 Å². The monoisotopic (exact) mass is 256 g/mol. The van der Waals surface area contributed by atoms with E-state index in [0.717, 1.165) is 32.4 Å². The van der Waals surface area contributed by atoms with Crippen molar-refractivity contribution < 1.29 is 14.6 Å². The smallest absolute Gasteiger partial charge is 0.230 e. The van der Waals surface area contributed by atoms with Crippen molar-refractivity contribution >= 4 is 5.91 Å². The number of hydrogen-bond donors (Lipinski definition) is 2. The molecule has 0 radical (unpaired) electrons. The minimum absolute atomic E-state index is 0.0125. The fourth-order valence-electron chi connectivity index (χ4n) is 3.10. The summed E-state index contributed by atoms with van der Waals surface area (Å²) in [6, 6.07) is -0.166. The molecule has 2 aliphatic rings. The Morgan fingerprint density at radius 1 is 1.61 bits per heavy atom. The number of morpholine rings is 1. The molecular formula is C13H24N2O3. The Labute approximate surface area is 108 Å². The van der Waals surface area contributed by atoms with Crippen LogP contribution in [0.1, 0.15) is 26.2 Å². The zero-order chi connectivity index (χ0) is 13.0. The van der Waals surface area contributed by atoms with Crippen LogP contribution in [0.15, 0.2) is 0 Å². The van der Waals surface area contributed by atoms with Crippen LogP contribution >= 0.6 is 0 Å². The number of aliphatic hydroxyl groups is 1. The van der Waals surface area contributed by atoms with Crippen molar-refractivity contribution in [3.8, 4) is 0 Å². The number of amides is 1. The first-order valence-corrected chi connectivity index (χ1v) is 6.94. The van der Waals surface area contributed by atoms with Gasteiger partial charge in [-0.3, -0.25) is 4.79 Å². The number of aliphatic hydroxyl groups excluding tert-OH is 1. The molecule has 0 aromatic heterocycles. The second-order valence-corrected chi connectivity index (χ2v) is 5.37. The zero-order valence-corrected chi connectivity index (χ0v) is 11.2. The first kappa shape index (κ1) is 13.8. The lowest BCUT2D eigenvalue weighted by molar-refractivity contribution is -0.152. The number of carbonyl (C=O) groups excluding carboxylic acids is 1. The number of rotatable bonds is 4. The Morgan fingerprint density at radius 3 is 3.06 bits per heavy atom. The second-order valence-electron chi connectivity index (χ2n) is 5.37. The Hall–Kier alpha value is -0.650. The summed E-state index contributed by atoms with van der Waals surface area (Å²) in [5.41, 5.74) is -0.250. The normalized spacial score (nSPS) is 32.8. The van der Waals surface area contributed by atoms with Crippen molar-refractivity contribution in [3.05, 3.63) is 0 Å². The Kier molecular flexibility index (Phi) is 4.59. The quantitative estimate of drug-likeness (QED) is 0.742. The average molecular weight is 256 g/mol. The van der Waals surface area contributed by atoms with Crippen molar-refractivity contribution in [1.82, 2.24) is 10.2 Å². The molecule has 2 aliphatic heterocycles. The van der Waals surface area contributed by atoms with E-state index in [9.17, 15) is 9.90 Å². The molecule has 18 heavy (non-hydrogen) atoms. The van der Waals surface area contributed by atoms with E-state index in [2.05, 4.69) is 12.2 Å². The minimum atomic E-state index is -0.250. The number of nitrogens with one attached hydrogen (secondary N) is 1. The molecule has 2 unspecified atom stereocenters. The van der Waals surface area contributed by atoms with Gasteiger partial charge in [0.2, 0.25) is 5.91 Å². The average Bonchev–Trinajstić information content (AvgIpc) is 2.88. The maximum absolute atomic E-state index is 12.8. The molecule has 5 heteroatoms. The largest absolute Gasteiger partial charge is 0.394 e. The van der Waals surface area contributed by atoms with E-state index in [4.69, 9.17) is 4.74 Å². The Balaban J connectivity index is 2.11. The second kappa shape index (κ2) is 5.99. The highest BCUT2D eigenvalue weighted by Gasteiger charge is 2.44. The van der Waals surface area contributed by atoms with Crippen molar-refractivity contribution in [3.63, 3.8) is 0 Å². The van der Waals surface area contributed by atoms with Gasteiger partial charge in [0, 0.05) is 13.1 Å². The molecule has 0 aromatic rings. The van der Waals surface area contributed by atoms with E-state index in [1.807, 2.05) is 4.90 Å². The van der Waals surface area contributed by atoms with E-state index in [1.54, 1.807) is 0 Å². The summed E-state index contributed by atoms with van der Waals surface area (Å²) in [6.07, 6.45) is 2.85. The van der Waals surface area contributed by atoms with Crippen molar-refractivity contribution in [1.29, 1.82) is 0 Å². The maximum atomic E-state index is 12.8. The van der Waals surface area contributed by atoms with Gasteiger partial charge in [0.15, 0.2) is 0 Å². The summed E-state index contributed by atoms with van der Waals surface area (Å²) in [4.78, 5) is 14.6. The number of ether oxygens (including phenoxy) is 1. The maximum Gasteiger partial charge on any atom is 0.230 e. The van der Waals surface area contributed by atoms with Gasteiger partial charge in [-0.2, -0.15) is 0 Å². The number of hydrogen-bond acceptors (Lipinski definition) is 4. The standard InChI is InChI=1S/C13H24N2O3/c1-2-3-13(4-5-14-10-13)12(17)15-6-7-18-9-11(15)8-16/h11,14,16H,2-10H2,1H3. The van der Waals surface area contributed by atoms with E-state index in [0.29, 0.717) is 19.8 Å². The molecule has 2 rings (SSSR count). The Morgan fingerprint density at radius 2 is 2.44 bits per heavy atom. The third kappa shape index (κ3) is 2.53. The van der Waals surface area contributed by atoms with Gasteiger partial charge in [-0.25, -0.2) is 0 Å². The van der Waals surface area contributed by atoms with Crippen LogP contribution in [0.25, 0.3) is 0 Å². The molecule has 0 spiro atoms. The molecule has 5 nitrogen and oxygen atoms in total. The zero-order valence-electron chi connectivity index (χ0n) is 11.2. The SMILES string of the molecule is CCCC1(C(=O)N2CCOCC2CO)CCNC1. The molecule has 1 amide bonds. The molecule has 2 fully saturated rings. The third-order valence-corrected chi connectivity index (χ3v) is 4.13. The lowest BCUT2D eigenvalue weighted by Gasteiger charge is -2.40. The predicted molar refractivity (Wildman–Crippen MR) is 68.2 cm³/mol. The lowest BCUT2D eigenvalue weighted by atomic mass is 9.80. The van der Waals surface area contributed by atoms with Crippen LogP contribution in [0.4, 0.5) is 0 Å². The summed E-state index contributed by atoms with van der Waals surface area (Å²) in [7, 11) is 0. The molecule has 0 aliphatic carbocycles. The van der Waals surface area contributed by atoms with Gasteiger partial charge in [-0.05, 0) is 19.4 Å². The first-order valence-electron chi connectivity index (χ1n) is 6.94. The van der Waals surface area contributed by atoms with Crippen LogP contribution in [0.2, 0.25) is 0 Å². The third-order valence-electron chi connectivity index (χ3n) is 4.13. The molecular weight excluding hydrogens is 232 g/mol. The molecule has 2 atom stereocenters. The topological polar surface area (TPSA) is 61.8 Å². The number of carbonyl (C=O) groups is 1. The number of nitrogens with zero attached hydrogens (tertiary/aromatic N) is 1. The van der Waals surface area contributed by atoms with E-state index < -0.39 is 0 Å². The molecule has 0 bridgehead atoms. The van der Waals surface area contributed by atoms with Gasteiger partial charge < -0.3 is 20.1 Å². The van der Waals surface area contributed by atoms with E-state index in [1.165, 1.54) is 0 Å². The highest BCUT2D eigenvalue weighted by molar-refractivity contribution is 5.84. The molecule has 0 aromatic carbocycles. The van der Waals surface area contributed by atoms with E-state index in [-0.39, 0.29) is 24.0 Å². The van der Waals surface area contributed by atoms with Gasteiger partial charge in [-0.1, -0.05) is 13.3 Å². The fraction of sp³-hybridized carbons (Fsp3) is 0.923. The van der Waals surface area contributed by atoms with Crippen molar-refractivity contribution in [2.24, 2.45) is 5.41 Å². The summed E-state index contributed by atoms with van der Waals surface area (Å²) in [6.45, 7) is 5.44. The highest BCUT2D eigenvalue weighted by Crippen LogP contribution is 2.34. The minimum Gasteiger partial charge on any atom is -0.394 e. The van der Waals surface area contributed by atoms with E-state index >= 15 is 0 Å². The summed E-state index contributed by atoms with van der Waals surface area (Å²) in [5, 5.41) is 12.7. The van der Waals surface area contributed by atoms with Crippen LogP contribution in [-0.2, 0) is 9.53 Å². The molecule has 2 N–H and O–H groups in total. The molecule has 104 valence electrons. The lowest BCUT2D eigenvalue weighted by Crippen LogP contribution is -2.56. The van der Waals surface area contributed by atoms with Gasteiger partial charge in [0.05, 0.1) is 31.3 Å². The predicted octanol–water partition coefficient (Wildman–Crippen LogP) is -0.0141. The van der Waals surface area contributed by atoms with Gasteiger partial charge in [0.1, 0.15) is 0 Å². The molecule has 2 saturated heterocycles. The fourth-order valence-corrected chi connectivity index (χ4v) is 3.10. The van der Waals surface area contributed by atoms with Crippen LogP contribution in [-0.4, -0.2) is 61.4 Å². The van der Waals surface area contributed by atoms with Gasteiger partial charge in [-0.15, -0.1) is 0 Å². The Bertz CT molecular complexity index is 290. The summed E-state index contributed by atoms with van der Waals surface area (Å²) >= 11 is 0. The van der Waals surface area contributed by atoms with Gasteiger partial charge in [0.25, 0.3) is 0 Å². The molecule has 0 saturated carbocycles. The molecule has 2 heterocycles. The van der Waals surface area contributed by atoms with Crippen LogP contribution < -0.4 is 5.32 Å². The van der Waals surface area contributed by atoms with Gasteiger partial charge >= 0.3 is 0 Å². The first-order chi connectivity index (χ1) is 8.73.